The average molecular weight is 531 g/mol. The van der Waals surface area contributed by atoms with E-state index in [0.717, 1.165) is 55.8 Å². The van der Waals surface area contributed by atoms with Gasteiger partial charge in [0.1, 0.15) is 5.75 Å². The van der Waals surface area contributed by atoms with Crippen LogP contribution >= 0.6 is 0 Å². The van der Waals surface area contributed by atoms with Gasteiger partial charge in [0.25, 0.3) is 5.60 Å². The number of likely N-dealkylation sites (tertiary alicyclic amines) is 2. The van der Waals surface area contributed by atoms with Gasteiger partial charge in [-0.15, -0.1) is 0 Å². The molecule has 6 atom stereocenters. The molecule has 1 aromatic carbocycles. The fourth-order valence-corrected chi connectivity index (χ4v) is 9.87. The number of rotatable bonds is 4. The average Bonchev–Trinajstić information content (AvgIpc) is 3.50. The predicted octanol–water partition coefficient (Wildman–Crippen LogP) is 4.63. The molecule has 0 aromatic heterocycles. The highest BCUT2D eigenvalue weighted by Crippen LogP contribution is 2.75. The van der Waals surface area contributed by atoms with Crippen molar-refractivity contribution < 1.29 is 36.6 Å². The fraction of sp³-hybridized carbons (Fsp3) is 0.778. The number of phenolic OH excluding ortho intramolecular Hbond substituents is 1. The molecule has 7 rings (SSSR count). The van der Waals surface area contributed by atoms with E-state index in [0.29, 0.717) is 12.5 Å². The van der Waals surface area contributed by atoms with Gasteiger partial charge in [-0.2, -0.15) is 26.3 Å². The summed E-state index contributed by atoms with van der Waals surface area (Å²) < 4.78 is 81.7. The normalized spacial score (nSPS) is 39.5. The Balaban J connectivity index is 1.30. The SMILES string of the molecule is Oc1ccc2c(c1)C13CCN(CC4CC4)C(C2)C12CCC1C3[C@@H](CN1CC(O)(C(F)(F)F)C(F)(F)F)C2. The molecule has 5 fully saturated rings. The summed E-state index contributed by atoms with van der Waals surface area (Å²) in [7, 11) is 0. The van der Waals surface area contributed by atoms with Crippen molar-refractivity contribution in [1.29, 1.82) is 0 Å². The second-order valence-corrected chi connectivity index (χ2v) is 12.8. The number of benzene rings is 1. The molecule has 5 unspecified atom stereocenters. The number of halogens is 6. The minimum absolute atomic E-state index is 0.0325. The third-order valence-electron chi connectivity index (χ3n) is 11.2. The van der Waals surface area contributed by atoms with Crippen LogP contribution in [0.25, 0.3) is 0 Å². The lowest BCUT2D eigenvalue weighted by Crippen LogP contribution is -2.70. The number of piperidine rings is 1. The van der Waals surface area contributed by atoms with Crippen LogP contribution in [0.15, 0.2) is 18.2 Å². The molecule has 37 heavy (non-hydrogen) atoms. The Morgan fingerprint density at radius 3 is 2.38 bits per heavy atom. The molecule has 2 heterocycles. The summed E-state index contributed by atoms with van der Waals surface area (Å²) in [6, 6.07) is 5.33. The highest BCUT2D eigenvalue weighted by Gasteiger charge is 2.78. The van der Waals surface area contributed by atoms with E-state index in [2.05, 4.69) is 4.90 Å². The van der Waals surface area contributed by atoms with E-state index in [1.807, 2.05) is 12.1 Å². The van der Waals surface area contributed by atoms with Gasteiger partial charge in [0.05, 0.1) is 0 Å². The number of nitrogens with zero attached hydrogens (tertiary/aromatic N) is 2. The molecule has 4 bridgehead atoms. The number of aromatic hydroxyl groups is 1. The van der Waals surface area contributed by atoms with Gasteiger partial charge in [-0.1, -0.05) is 6.07 Å². The van der Waals surface area contributed by atoms with E-state index in [-0.39, 0.29) is 35.0 Å². The molecule has 0 radical (unpaired) electrons. The first-order valence-corrected chi connectivity index (χ1v) is 13.5. The lowest BCUT2D eigenvalue weighted by molar-refractivity contribution is -0.371. The second kappa shape index (κ2) is 7.36. The molecule has 2 aliphatic heterocycles. The van der Waals surface area contributed by atoms with Crippen molar-refractivity contribution in [1.82, 2.24) is 9.80 Å². The van der Waals surface area contributed by atoms with E-state index in [4.69, 9.17) is 0 Å². The summed E-state index contributed by atoms with van der Waals surface area (Å²) in [6.07, 6.45) is -5.40. The molecule has 4 aliphatic carbocycles. The smallest absolute Gasteiger partial charge is 0.427 e. The van der Waals surface area contributed by atoms with Crippen molar-refractivity contribution in [3.8, 4) is 5.75 Å². The maximum Gasteiger partial charge on any atom is 0.427 e. The molecule has 2 N–H and O–H groups in total. The van der Waals surface area contributed by atoms with Crippen LogP contribution in [0.4, 0.5) is 26.3 Å². The molecule has 0 spiro atoms. The molecule has 10 heteroatoms. The van der Waals surface area contributed by atoms with Crippen LogP contribution in [-0.2, 0) is 11.8 Å². The highest BCUT2D eigenvalue weighted by atomic mass is 19.4. The molecule has 3 saturated carbocycles. The Labute approximate surface area is 211 Å². The lowest BCUT2D eigenvalue weighted by atomic mass is 9.43. The van der Waals surface area contributed by atoms with Gasteiger partial charge in [-0.25, -0.2) is 0 Å². The molecular weight excluding hydrogens is 498 g/mol. The van der Waals surface area contributed by atoms with Crippen LogP contribution in [-0.4, -0.2) is 76.2 Å². The molecule has 204 valence electrons. The summed E-state index contributed by atoms with van der Waals surface area (Å²) in [5.74, 6) is 0.758. The number of aliphatic hydroxyl groups is 1. The zero-order valence-corrected chi connectivity index (χ0v) is 20.5. The molecule has 1 aromatic rings. The first-order chi connectivity index (χ1) is 17.3. The van der Waals surface area contributed by atoms with Gasteiger partial charge < -0.3 is 10.2 Å². The molecular formula is C27H32F6N2O2. The molecule has 4 nitrogen and oxygen atoms in total. The number of β-amino-alcohol motifs (C(OH)–C–C–N with tert-alkyl or cyclic N) is 1. The van der Waals surface area contributed by atoms with E-state index in [1.54, 1.807) is 6.07 Å². The second-order valence-electron chi connectivity index (χ2n) is 12.8. The summed E-state index contributed by atoms with van der Waals surface area (Å²) >= 11 is 0. The standard InChI is InChI=1S/C27H32F6N2O2/c28-26(29,30)25(37,27(31,32)33)14-35-13-17-11-23-6-5-20(35)22(17)24(23)7-8-34(12-15-1-2-15)21(23)9-16-3-4-18(36)10-19(16)24/h3-4,10,15,17,20-22,36-37H,1-2,5-9,11-14H2/t17-,20?,21?,22?,23?,24?/m1/s1. The third kappa shape index (κ3) is 3.03. The maximum atomic E-state index is 13.6. The zero-order valence-electron chi connectivity index (χ0n) is 20.5. The third-order valence-corrected chi connectivity index (χ3v) is 11.2. The van der Waals surface area contributed by atoms with E-state index in [1.165, 1.54) is 17.7 Å². The summed E-state index contributed by atoms with van der Waals surface area (Å²) in [4.78, 5) is 3.94. The number of alkyl halides is 6. The minimum Gasteiger partial charge on any atom is -0.508 e. The Hall–Kier alpha value is -1.52. The lowest BCUT2D eigenvalue weighted by Gasteiger charge is -2.66. The van der Waals surface area contributed by atoms with Crippen molar-refractivity contribution >= 4 is 0 Å². The van der Waals surface area contributed by atoms with Gasteiger partial charge in [-0.05, 0) is 97.9 Å². The van der Waals surface area contributed by atoms with Crippen molar-refractivity contribution in [2.24, 2.45) is 23.2 Å². The summed E-state index contributed by atoms with van der Waals surface area (Å²) in [5.41, 5.74) is -3.00. The van der Waals surface area contributed by atoms with Gasteiger partial charge in [0.2, 0.25) is 0 Å². The van der Waals surface area contributed by atoms with Crippen LogP contribution < -0.4 is 0 Å². The minimum atomic E-state index is -5.82. The van der Waals surface area contributed by atoms with Gasteiger partial charge in [-0.3, -0.25) is 9.80 Å². The Morgan fingerprint density at radius 1 is 0.973 bits per heavy atom. The topological polar surface area (TPSA) is 46.9 Å². The largest absolute Gasteiger partial charge is 0.508 e. The maximum absolute atomic E-state index is 13.6. The molecule has 2 saturated heterocycles. The van der Waals surface area contributed by atoms with E-state index in [9.17, 15) is 36.6 Å². The van der Waals surface area contributed by atoms with Crippen molar-refractivity contribution in [2.75, 3.05) is 26.2 Å². The highest BCUT2D eigenvalue weighted by molar-refractivity contribution is 5.50. The van der Waals surface area contributed by atoms with Gasteiger partial charge in [0.15, 0.2) is 0 Å². The fourth-order valence-electron chi connectivity index (χ4n) is 9.87. The number of phenols is 1. The van der Waals surface area contributed by atoms with Crippen molar-refractivity contribution in [3.05, 3.63) is 29.3 Å². The van der Waals surface area contributed by atoms with Crippen LogP contribution in [0.3, 0.4) is 0 Å². The number of hydrogen-bond donors (Lipinski definition) is 2. The first-order valence-electron chi connectivity index (χ1n) is 13.5. The Morgan fingerprint density at radius 2 is 1.70 bits per heavy atom. The monoisotopic (exact) mass is 530 g/mol. The van der Waals surface area contributed by atoms with Crippen molar-refractivity contribution in [3.63, 3.8) is 0 Å². The number of hydrogen-bond acceptors (Lipinski definition) is 4. The Kier molecular flexibility index (Phi) is 4.87. The summed E-state index contributed by atoms with van der Waals surface area (Å²) in [6.45, 7) is 0.579. The quantitative estimate of drug-likeness (QED) is 0.558. The summed E-state index contributed by atoms with van der Waals surface area (Å²) in [5, 5.41) is 20.5. The van der Waals surface area contributed by atoms with Gasteiger partial charge in [0, 0.05) is 37.1 Å². The Bertz CT molecular complexity index is 1110. The van der Waals surface area contributed by atoms with Crippen LogP contribution in [0, 0.1) is 23.2 Å². The van der Waals surface area contributed by atoms with Crippen LogP contribution in [0.1, 0.15) is 49.7 Å². The first kappa shape index (κ1) is 24.5. The van der Waals surface area contributed by atoms with Gasteiger partial charge >= 0.3 is 12.4 Å². The van der Waals surface area contributed by atoms with Crippen LogP contribution in [0.2, 0.25) is 0 Å². The van der Waals surface area contributed by atoms with E-state index < -0.39 is 30.5 Å². The molecule has 6 aliphatic rings. The molecule has 0 amide bonds. The van der Waals surface area contributed by atoms with E-state index >= 15 is 0 Å². The number of fused-ring (bicyclic) bond motifs is 1. The van der Waals surface area contributed by atoms with Crippen molar-refractivity contribution in [2.45, 2.75) is 80.4 Å². The zero-order chi connectivity index (χ0) is 26.2. The predicted molar refractivity (Wildman–Crippen MR) is 122 cm³/mol. The van der Waals surface area contributed by atoms with Crippen LogP contribution in [0.5, 0.6) is 5.75 Å².